The van der Waals surface area contributed by atoms with Gasteiger partial charge in [-0.05, 0) is 73.4 Å². The number of pyridine rings is 1. The highest BCUT2D eigenvalue weighted by Gasteiger charge is 2.46. The molecule has 1 fully saturated rings. The molecule has 0 aliphatic carbocycles. The molecule has 2 aliphatic heterocycles. The molecular formula is C32H34N2O6. The highest BCUT2D eigenvalue weighted by molar-refractivity contribution is 6.46. The van der Waals surface area contributed by atoms with Crippen molar-refractivity contribution in [3.8, 4) is 17.2 Å². The lowest BCUT2D eigenvalue weighted by molar-refractivity contribution is -0.140. The Balaban J connectivity index is 1.61. The number of aliphatic hydroxyl groups is 1. The second-order valence-corrected chi connectivity index (χ2v) is 10.1. The SMILES string of the molecule is CCCCOc1ccc([C@H]2/C(=C(\O)c3ccc4c(c3)C[C@H](C)O4)C(=O)C(=O)N2Cc2cccnc2)cc1OCC. The van der Waals surface area contributed by atoms with E-state index in [1.807, 2.05) is 32.0 Å². The summed E-state index contributed by atoms with van der Waals surface area (Å²) in [6.07, 6.45) is 5.95. The molecule has 1 saturated heterocycles. The van der Waals surface area contributed by atoms with Gasteiger partial charge in [0, 0.05) is 30.9 Å². The minimum Gasteiger partial charge on any atom is -0.507 e. The number of Topliss-reactive ketones (excluding diaryl/α,β-unsaturated/α-hetero) is 1. The molecule has 0 unspecified atom stereocenters. The molecule has 40 heavy (non-hydrogen) atoms. The number of hydrogen-bond donors (Lipinski definition) is 1. The summed E-state index contributed by atoms with van der Waals surface area (Å²) in [5.74, 6) is 0.230. The van der Waals surface area contributed by atoms with Gasteiger partial charge in [0.1, 0.15) is 17.6 Å². The molecule has 0 radical (unpaired) electrons. The number of nitrogens with zero attached hydrogens (tertiary/aromatic N) is 2. The number of likely N-dealkylation sites (tertiary alicyclic amines) is 1. The van der Waals surface area contributed by atoms with E-state index in [4.69, 9.17) is 14.2 Å². The van der Waals surface area contributed by atoms with E-state index in [1.54, 1.807) is 42.7 Å². The van der Waals surface area contributed by atoms with E-state index in [0.717, 1.165) is 29.7 Å². The molecule has 2 aromatic carbocycles. The summed E-state index contributed by atoms with van der Waals surface area (Å²) < 4.78 is 17.7. The first-order valence-electron chi connectivity index (χ1n) is 13.8. The Morgan fingerprint density at radius 3 is 2.70 bits per heavy atom. The molecular weight excluding hydrogens is 508 g/mol. The third-order valence-electron chi connectivity index (χ3n) is 7.12. The number of unbranched alkanes of at least 4 members (excludes halogenated alkanes) is 1. The second-order valence-electron chi connectivity index (χ2n) is 10.1. The van der Waals surface area contributed by atoms with Gasteiger partial charge in [0.05, 0.1) is 24.8 Å². The second kappa shape index (κ2) is 11.8. The highest BCUT2D eigenvalue weighted by Crippen LogP contribution is 2.43. The standard InChI is InChI=1S/C32H34N2O6/c1-4-6-14-39-26-12-9-22(17-27(26)38-5-2)29-28(30(35)23-10-11-25-24(16-23)15-20(3)40-25)31(36)32(37)34(29)19-21-8-7-13-33-18-21/h7-13,16-18,20,29,35H,4-6,14-15,19H2,1-3H3/b30-28+/t20-,29-/m0/s1. The fraction of sp³-hybridized carbons (Fsp3) is 0.344. The molecule has 8 heteroatoms. The van der Waals surface area contributed by atoms with Crippen LogP contribution in [0.4, 0.5) is 0 Å². The number of aliphatic hydroxyl groups excluding tert-OH is 1. The lowest BCUT2D eigenvalue weighted by Crippen LogP contribution is -2.29. The van der Waals surface area contributed by atoms with Crippen molar-refractivity contribution in [1.82, 2.24) is 9.88 Å². The molecule has 8 nitrogen and oxygen atoms in total. The molecule has 208 valence electrons. The predicted molar refractivity (Wildman–Crippen MR) is 150 cm³/mol. The smallest absolute Gasteiger partial charge is 0.295 e. The quantitative estimate of drug-likeness (QED) is 0.154. The van der Waals surface area contributed by atoms with Crippen LogP contribution in [-0.4, -0.2) is 46.0 Å². The summed E-state index contributed by atoms with van der Waals surface area (Å²) in [6, 6.07) is 13.5. The number of ether oxygens (including phenoxy) is 3. The predicted octanol–water partition coefficient (Wildman–Crippen LogP) is 5.60. The van der Waals surface area contributed by atoms with Gasteiger partial charge in [-0.15, -0.1) is 0 Å². The fourth-order valence-electron chi connectivity index (χ4n) is 5.21. The van der Waals surface area contributed by atoms with Crippen LogP contribution in [0.5, 0.6) is 17.2 Å². The number of fused-ring (bicyclic) bond motifs is 1. The Morgan fingerprint density at radius 1 is 1.10 bits per heavy atom. The zero-order chi connectivity index (χ0) is 28.2. The summed E-state index contributed by atoms with van der Waals surface area (Å²) in [7, 11) is 0. The molecule has 1 amide bonds. The van der Waals surface area contributed by atoms with Gasteiger partial charge in [0.2, 0.25) is 0 Å². The van der Waals surface area contributed by atoms with E-state index < -0.39 is 17.7 Å². The third kappa shape index (κ3) is 5.39. The molecule has 2 atom stereocenters. The van der Waals surface area contributed by atoms with Crippen LogP contribution >= 0.6 is 0 Å². The zero-order valence-electron chi connectivity index (χ0n) is 23.1. The Hall–Kier alpha value is -4.33. The highest BCUT2D eigenvalue weighted by atomic mass is 16.5. The molecule has 2 aliphatic rings. The monoisotopic (exact) mass is 542 g/mol. The Morgan fingerprint density at radius 2 is 1.95 bits per heavy atom. The number of hydrogen-bond acceptors (Lipinski definition) is 7. The number of amides is 1. The molecule has 1 aromatic heterocycles. The van der Waals surface area contributed by atoms with Crippen LogP contribution in [0.25, 0.3) is 5.76 Å². The van der Waals surface area contributed by atoms with Crippen molar-refractivity contribution < 1.29 is 28.9 Å². The normalized spacial score (nSPS) is 19.4. The van der Waals surface area contributed by atoms with E-state index in [9.17, 15) is 14.7 Å². The van der Waals surface area contributed by atoms with Crippen molar-refractivity contribution >= 4 is 17.4 Å². The Labute approximate surface area is 234 Å². The van der Waals surface area contributed by atoms with Gasteiger partial charge in [-0.1, -0.05) is 25.5 Å². The summed E-state index contributed by atoms with van der Waals surface area (Å²) in [4.78, 5) is 32.6. The number of rotatable bonds is 10. The minimum absolute atomic E-state index is 0.0305. The maximum atomic E-state index is 13.5. The molecule has 3 aromatic rings. The van der Waals surface area contributed by atoms with Crippen molar-refractivity contribution in [1.29, 1.82) is 0 Å². The van der Waals surface area contributed by atoms with Crippen molar-refractivity contribution in [3.63, 3.8) is 0 Å². The van der Waals surface area contributed by atoms with Crippen molar-refractivity contribution in [3.05, 3.63) is 88.8 Å². The number of carbonyl (C=O) groups is 2. The Bertz CT molecular complexity index is 1430. The largest absolute Gasteiger partial charge is 0.507 e. The van der Waals surface area contributed by atoms with Gasteiger partial charge in [-0.3, -0.25) is 14.6 Å². The summed E-state index contributed by atoms with van der Waals surface area (Å²) in [6.45, 7) is 7.07. The number of aromatic nitrogens is 1. The van der Waals surface area contributed by atoms with E-state index in [-0.39, 0.29) is 24.0 Å². The first kappa shape index (κ1) is 27.2. The van der Waals surface area contributed by atoms with Crippen LogP contribution in [0.15, 0.2) is 66.5 Å². The van der Waals surface area contributed by atoms with Crippen LogP contribution < -0.4 is 14.2 Å². The lowest BCUT2D eigenvalue weighted by atomic mass is 9.94. The van der Waals surface area contributed by atoms with Gasteiger partial charge >= 0.3 is 0 Å². The molecule has 0 saturated carbocycles. The molecule has 5 rings (SSSR count). The molecule has 1 N–H and O–H groups in total. The average molecular weight is 543 g/mol. The number of carbonyl (C=O) groups excluding carboxylic acids is 2. The van der Waals surface area contributed by atoms with Gasteiger partial charge in [0.25, 0.3) is 11.7 Å². The van der Waals surface area contributed by atoms with Crippen LogP contribution in [0.1, 0.15) is 61.9 Å². The first-order valence-corrected chi connectivity index (χ1v) is 13.8. The number of ketones is 1. The average Bonchev–Trinajstić information content (AvgIpc) is 3.45. The fourth-order valence-corrected chi connectivity index (χ4v) is 5.21. The van der Waals surface area contributed by atoms with Crippen molar-refractivity contribution in [2.75, 3.05) is 13.2 Å². The van der Waals surface area contributed by atoms with Crippen LogP contribution in [0.2, 0.25) is 0 Å². The van der Waals surface area contributed by atoms with E-state index in [2.05, 4.69) is 11.9 Å². The van der Waals surface area contributed by atoms with E-state index in [0.29, 0.717) is 42.3 Å². The maximum Gasteiger partial charge on any atom is 0.295 e. The third-order valence-corrected chi connectivity index (χ3v) is 7.12. The Kier molecular flexibility index (Phi) is 8.05. The van der Waals surface area contributed by atoms with Crippen molar-refractivity contribution in [2.45, 2.75) is 58.7 Å². The molecule has 0 spiro atoms. The summed E-state index contributed by atoms with van der Waals surface area (Å²) in [5.41, 5.74) is 2.84. The summed E-state index contributed by atoms with van der Waals surface area (Å²) in [5, 5.41) is 11.6. The molecule has 3 heterocycles. The minimum atomic E-state index is -0.840. The number of benzene rings is 2. The van der Waals surface area contributed by atoms with Gasteiger partial charge in [-0.25, -0.2) is 0 Å². The first-order chi connectivity index (χ1) is 19.4. The topological polar surface area (TPSA) is 98.2 Å². The van der Waals surface area contributed by atoms with Gasteiger partial charge < -0.3 is 24.2 Å². The van der Waals surface area contributed by atoms with Gasteiger partial charge in [-0.2, -0.15) is 0 Å². The molecule has 0 bridgehead atoms. The van der Waals surface area contributed by atoms with Crippen LogP contribution in [0.3, 0.4) is 0 Å². The summed E-state index contributed by atoms with van der Waals surface area (Å²) >= 11 is 0. The van der Waals surface area contributed by atoms with Crippen LogP contribution in [-0.2, 0) is 22.6 Å². The van der Waals surface area contributed by atoms with Gasteiger partial charge in [0.15, 0.2) is 11.5 Å². The zero-order valence-corrected chi connectivity index (χ0v) is 23.1. The maximum absolute atomic E-state index is 13.5. The van der Waals surface area contributed by atoms with Crippen LogP contribution in [0, 0.1) is 0 Å². The van der Waals surface area contributed by atoms with E-state index in [1.165, 1.54) is 4.90 Å². The van der Waals surface area contributed by atoms with E-state index >= 15 is 0 Å². The van der Waals surface area contributed by atoms with Crippen molar-refractivity contribution in [2.24, 2.45) is 0 Å². The lowest BCUT2D eigenvalue weighted by Gasteiger charge is -2.26.